The molecule has 7 nitrogen and oxygen atoms in total. The van der Waals surface area contributed by atoms with Crippen molar-refractivity contribution in [2.24, 2.45) is 7.05 Å². The summed E-state index contributed by atoms with van der Waals surface area (Å²) in [6.07, 6.45) is -3.52. The Bertz CT molecular complexity index is 722. The van der Waals surface area contributed by atoms with Crippen molar-refractivity contribution in [3.8, 4) is 0 Å². The van der Waals surface area contributed by atoms with Gasteiger partial charge in [-0.25, -0.2) is 9.78 Å². The van der Waals surface area contributed by atoms with Gasteiger partial charge >= 0.3 is 12.1 Å². The molecule has 2 aromatic rings. The number of rotatable bonds is 4. The van der Waals surface area contributed by atoms with Crippen molar-refractivity contribution in [2.75, 3.05) is 0 Å². The average molecular weight is 334 g/mol. The van der Waals surface area contributed by atoms with Crippen molar-refractivity contribution < 1.29 is 27.9 Å². The van der Waals surface area contributed by atoms with Crippen molar-refractivity contribution in [3.63, 3.8) is 0 Å². The van der Waals surface area contributed by atoms with E-state index in [-0.39, 0.29) is 23.5 Å². The van der Waals surface area contributed by atoms with Crippen molar-refractivity contribution in [1.82, 2.24) is 20.1 Å². The molecule has 2 N–H and O–H groups in total. The van der Waals surface area contributed by atoms with Crippen LogP contribution in [0.3, 0.4) is 0 Å². The molecule has 11 heteroatoms. The molecule has 0 bridgehead atoms. The minimum atomic E-state index is -4.54. The number of amides is 1. The van der Waals surface area contributed by atoms with E-state index in [4.69, 9.17) is 5.11 Å². The van der Waals surface area contributed by atoms with Crippen molar-refractivity contribution in [1.29, 1.82) is 0 Å². The minimum absolute atomic E-state index is 0.0321. The van der Waals surface area contributed by atoms with Gasteiger partial charge in [0.25, 0.3) is 5.91 Å². The van der Waals surface area contributed by atoms with E-state index in [9.17, 15) is 22.8 Å². The number of aryl methyl sites for hydroxylation is 1. The molecule has 0 aliphatic heterocycles. The molecule has 0 atom stereocenters. The largest absolute Gasteiger partial charge is 0.478 e. The number of hydrogen-bond acceptors (Lipinski definition) is 5. The Balaban J connectivity index is 2.09. The number of carboxylic acids is 1. The van der Waals surface area contributed by atoms with Gasteiger partial charge in [0.2, 0.25) is 0 Å². The molecule has 0 aliphatic rings. The topological polar surface area (TPSA) is 97.1 Å². The highest BCUT2D eigenvalue weighted by Gasteiger charge is 2.34. The first-order valence-electron chi connectivity index (χ1n) is 5.75. The lowest BCUT2D eigenvalue weighted by molar-refractivity contribution is -0.137. The monoisotopic (exact) mass is 334 g/mol. The first-order chi connectivity index (χ1) is 10.2. The molecular formula is C11H9F3N4O3S. The lowest BCUT2D eigenvalue weighted by atomic mass is 10.2. The van der Waals surface area contributed by atoms with Crippen molar-refractivity contribution >= 4 is 23.2 Å². The summed E-state index contributed by atoms with van der Waals surface area (Å²) in [6.45, 7) is -0.254. The Labute approximate surface area is 125 Å². The molecule has 0 saturated carbocycles. The zero-order valence-corrected chi connectivity index (χ0v) is 11.8. The van der Waals surface area contributed by atoms with Gasteiger partial charge in [-0.2, -0.15) is 18.3 Å². The van der Waals surface area contributed by atoms with E-state index in [1.807, 2.05) is 0 Å². The molecule has 0 radical (unpaired) electrons. The fraction of sp³-hybridized carbons (Fsp3) is 0.273. The van der Waals surface area contributed by atoms with Crippen LogP contribution in [-0.4, -0.2) is 31.7 Å². The summed E-state index contributed by atoms with van der Waals surface area (Å²) < 4.78 is 38.3. The summed E-state index contributed by atoms with van der Waals surface area (Å²) >= 11 is 0.418. The van der Waals surface area contributed by atoms with E-state index < -0.39 is 23.1 Å². The van der Waals surface area contributed by atoms with E-state index in [1.165, 1.54) is 12.4 Å². The number of thiazole rings is 1. The van der Waals surface area contributed by atoms with Gasteiger partial charge in [-0.3, -0.25) is 9.48 Å². The van der Waals surface area contributed by atoms with Crippen LogP contribution >= 0.6 is 11.3 Å². The zero-order valence-electron chi connectivity index (χ0n) is 11.0. The smallest absolute Gasteiger partial charge is 0.443 e. The van der Waals surface area contributed by atoms with Crippen LogP contribution in [0.1, 0.15) is 31.5 Å². The summed E-state index contributed by atoms with van der Waals surface area (Å²) in [4.78, 5) is 26.3. The fourth-order valence-electron chi connectivity index (χ4n) is 1.64. The maximum atomic E-state index is 12.4. The quantitative estimate of drug-likeness (QED) is 0.884. The van der Waals surface area contributed by atoms with Gasteiger partial charge in [0.15, 0.2) is 5.01 Å². The van der Waals surface area contributed by atoms with Crippen molar-refractivity contribution in [3.05, 3.63) is 33.5 Å². The highest BCUT2D eigenvalue weighted by molar-refractivity contribution is 7.09. The molecule has 118 valence electrons. The van der Waals surface area contributed by atoms with Gasteiger partial charge < -0.3 is 10.4 Å². The summed E-state index contributed by atoms with van der Waals surface area (Å²) in [5.74, 6) is -2.09. The van der Waals surface area contributed by atoms with Gasteiger partial charge in [0.05, 0.1) is 18.4 Å². The van der Waals surface area contributed by atoms with E-state index in [0.717, 1.165) is 10.9 Å². The molecule has 0 aliphatic carbocycles. The number of carbonyl (C=O) groups excluding carboxylic acids is 1. The molecule has 0 aromatic carbocycles. The standard InChI is InChI=1S/C11H9F3N4O3S/c1-18-7(6(3-16-18)9(20)21)8(19)15-2-5-4-22-10(17-5)11(12,13)14/h3-4H,2H2,1H3,(H,15,19)(H,20,21). The fourth-order valence-corrected chi connectivity index (χ4v) is 2.32. The van der Waals surface area contributed by atoms with Crippen LogP contribution in [0.4, 0.5) is 13.2 Å². The van der Waals surface area contributed by atoms with Crippen LogP contribution in [-0.2, 0) is 19.8 Å². The summed E-state index contributed by atoms with van der Waals surface area (Å²) in [6, 6.07) is 0. The van der Waals surface area contributed by atoms with Crippen LogP contribution < -0.4 is 5.32 Å². The molecule has 2 aromatic heterocycles. The van der Waals surface area contributed by atoms with Gasteiger partial charge in [-0.15, -0.1) is 11.3 Å². The summed E-state index contributed by atoms with van der Waals surface area (Å²) in [5, 5.41) is 15.1. The van der Waals surface area contributed by atoms with Gasteiger partial charge in [-0.1, -0.05) is 0 Å². The highest BCUT2D eigenvalue weighted by Crippen LogP contribution is 2.31. The highest BCUT2D eigenvalue weighted by atomic mass is 32.1. The lowest BCUT2D eigenvalue weighted by Gasteiger charge is -2.05. The second-order valence-electron chi connectivity index (χ2n) is 4.16. The van der Waals surface area contributed by atoms with E-state index >= 15 is 0 Å². The normalized spacial score (nSPS) is 11.5. The molecule has 0 spiro atoms. The number of carboxylic acid groups (broad SMARTS) is 1. The number of alkyl halides is 3. The molecular weight excluding hydrogens is 325 g/mol. The maximum Gasteiger partial charge on any atom is 0.443 e. The summed E-state index contributed by atoms with van der Waals surface area (Å²) in [5.41, 5.74) is -0.460. The third kappa shape index (κ3) is 3.24. The molecule has 22 heavy (non-hydrogen) atoms. The molecule has 0 saturated heterocycles. The SMILES string of the molecule is Cn1ncc(C(=O)O)c1C(=O)NCc1csc(C(F)(F)F)n1. The third-order valence-corrected chi connectivity index (χ3v) is 3.54. The average Bonchev–Trinajstić information content (AvgIpc) is 3.01. The van der Waals surface area contributed by atoms with E-state index in [2.05, 4.69) is 15.4 Å². The molecule has 2 rings (SSSR count). The Morgan fingerprint density at radius 3 is 2.68 bits per heavy atom. The number of nitrogens with zero attached hydrogens (tertiary/aromatic N) is 3. The Morgan fingerprint density at radius 1 is 1.45 bits per heavy atom. The number of aromatic nitrogens is 3. The molecule has 0 fully saturated rings. The molecule has 0 unspecified atom stereocenters. The van der Waals surface area contributed by atoms with Crippen LogP contribution in [0, 0.1) is 0 Å². The predicted octanol–water partition coefficient (Wildman–Crippen LogP) is 1.52. The van der Waals surface area contributed by atoms with Crippen LogP contribution in [0.5, 0.6) is 0 Å². The Morgan fingerprint density at radius 2 is 2.14 bits per heavy atom. The van der Waals surface area contributed by atoms with Gasteiger partial charge in [0, 0.05) is 12.4 Å². The number of halogens is 3. The third-order valence-electron chi connectivity index (χ3n) is 2.61. The number of nitrogens with one attached hydrogen (secondary N) is 1. The number of carbonyl (C=O) groups is 2. The van der Waals surface area contributed by atoms with Crippen LogP contribution in [0.15, 0.2) is 11.6 Å². The second-order valence-corrected chi connectivity index (χ2v) is 5.02. The molecule has 1 amide bonds. The zero-order chi connectivity index (χ0) is 16.5. The number of hydrogen-bond donors (Lipinski definition) is 2. The Hall–Kier alpha value is -2.43. The minimum Gasteiger partial charge on any atom is -0.478 e. The van der Waals surface area contributed by atoms with Crippen LogP contribution in [0.25, 0.3) is 0 Å². The second kappa shape index (κ2) is 5.75. The predicted molar refractivity (Wildman–Crippen MR) is 68.5 cm³/mol. The van der Waals surface area contributed by atoms with Gasteiger partial charge in [-0.05, 0) is 0 Å². The summed E-state index contributed by atoms with van der Waals surface area (Å²) in [7, 11) is 1.38. The van der Waals surface area contributed by atoms with E-state index in [1.54, 1.807) is 0 Å². The maximum absolute atomic E-state index is 12.4. The van der Waals surface area contributed by atoms with E-state index in [0.29, 0.717) is 11.3 Å². The number of aromatic carboxylic acids is 1. The van der Waals surface area contributed by atoms with Crippen molar-refractivity contribution in [2.45, 2.75) is 12.7 Å². The molecule has 2 heterocycles. The lowest BCUT2D eigenvalue weighted by Crippen LogP contribution is -2.27. The van der Waals surface area contributed by atoms with Gasteiger partial charge in [0.1, 0.15) is 11.3 Å². The van der Waals surface area contributed by atoms with Crippen LogP contribution in [0.2, 0.25) is 0 Å². The first-order valence-corrected chi connectivity index (χ1v) is 6.63. The Kier molecular flexibility index (Phi) is 4.17. The first kappa shape index (κ1) is 15.9.